The quantitative estimate of drug-likeness (QED) is 0.657. The fourth-order valence-electron chi connectivity index (χ4n) is 3.42. The molecule has 8 heteroatoms. The van der Waals surface area contributed by atoms with Gasteiger partial charge in [-0.25, -0.2) is 4.98 Å². The number of fused-ring (bicyclic) bond motifs is 1. The first-order valence-corrected chi connectivity index (χ1v) is 8.79. The highest BCUT2D eigenvalue weighted by Gasteiger charge is 2.22. The standard InChI is InChI=1S/C19H19N7O/c1-13-9-18(26-19(23-13)21-12-22-26)25-7-5-24(6-8-25)17-10-15(14(2)27)3-4-16(17)11-20/h3-4,9-10,12H,5-8H2,1-2H3. The number of piperazine rings is 1. The van der Waals surface area contributed by atoms with Gasteiger partial charge >= 0.3 is 0 Å². The topological polar surface area (TPSA) is 90.4 Å². The molecule has 1 aliphatic rings. The smallest absolute Gasteiger partial charge is 0.254 e. The first-order chi connectivity index (χ1) is 13.1. The molecular formula is C19H19N7O. The van der Waals surface area contributed by atoms with Crippen molar-refractivity contribution in [1.29, 1.82) is 5.26 Å². The van der Waals surface area contributed by atoms with Crippen LogP contribution in [0.5, 0.6) is 0 Å². The molecule has 0 N–H and O–H groups in total. The Balaban J connectivity index is 1.59. The highest BCUT2D eigenvalue weighted by Crippen LogP contribution is 2.25. The van der Waals surface area contributed by atoms with Gasteiger partial charge in [0.1, 0.15) is 18.2 Å². The van der Waals surface area contributed by atoms with Crippen LogP contribution in [-0.2, 0) is 0 Å². The van der Waals surface area contributed by atoms with Gasteiger partial charge in [0.2, 0.25) is 0 Å². The molecule has 1 aromatic carbocycles. The van der Waals surface area contributed by atoms with Gasteiger partial charge in [0, 0.05) is 43.5 Å². The second-order valence-electron chi connectivity index (χ2n) is 6.60. The van der Waals surface area contributed by atoms with Crippen LogP contribution in [0, 0.1) is 18.3 Å². The van der Waals surface area contributed by atoms with Gasteiger partial charge in [0.15, 0.2) is 5.78 Å². The molecule has 3 aromatic rings. The van der Waals surface area contributed by atoms with E-state index in [4.69, 9.17) is 0 Å². The average Bonchev–Trinajstić information content (AvgIpc) is 3.15. The van der Waals surface area contributed by atoms with E-state index in [1.54, 1.807) is 16.6 Å². The lowest BCUT2D eigenvalue weighted by atomic mass is 10.1. The van der Waals surface area contributed by atoms with Crippen molar-refractivity contribution in [1.82, 2.24) is 19.6 Å². The lowest BCUT2D eigenvalue weighted by Crippen LogP contribution is -2.47. The first kappa shape index (κ1) is 17.0. The Labute approximate surface area is 156 Å². The van der Waals surface area contributed by atoms with Crippen molar-refractivity contribution in [2.45, 2.75) is 13.8 Å². The SMILES string of the molecule is CC(=O)c1ccc(C#N)c(N2CCN(c3cc(C)nc4ncnn34)CC2)c1. The van der Waals surface area contributed by atoms with E-state index in [9.17, 15) is 10.1 Å². The van der Waals surface area contributed by atoms with E-state index in [0.717, 1.165) is 43.4 Å². The fraction of sp³-hybridized carbons (Fsp3) is 0.316. The summed E-state index contributed by atoms with van der Waals surface area (Å²) in [6.07, 6.45) is 1.51. The molecule has 0 spiro atoms. The van der Waals surface area contributed by atoms with Crippen LogP contribution >= 0.6 is 0 Å². The second-order valence-corrected chi connectivity index (χ2v) is 6.60. The van der Waals surface area contributed by atoms with E-state index in [-0.39, 0.29) is 5.78 Å². The number of rotatable bonds is 3. The van der Waals surface area contributed by atoms with Crippen molar-refractivity contribution >= 4 is 23.1 Å². The maximum atomic E-state index is 11.7. The third-order valence-electron chi connectivity index (χ3n) is 4.83. The monoisotopic (exact) mass is 361 g/mol. The molecule has 0 atom stereocenters. The van der Waals surface area contributed by atoms with Crippen molar-refractivity contribution < 1.29 is 4.79 Å². The summed E-state index contributed by atoms with van der Waals surface area (Å²) in [5.74, 6) is 1.56. The summed E-state index contributed by atoms with van der Waals surface area (Å²) in [5.41, 5.74) is 2.93. The van der Waals surface area contributed by atoms with Crippen molar-refractivity contribution in [2.75, 3.05) is 36.0 Å². The predicted molar refractivity (Wildman–Crippen MR) is 101 cm³/mol. The van der Waals surface area contributed by atoms with Crippen LogP contribution in [0.1, 0.15) is 28.5 Å². The minimum Gasteiger partial charge on any atom is -0.367 e. The molecule has 2 aromatic heterocycles. The number of Topliss-reactive ketones (excluding diaryl/α,β-unsaturated/α-hetero) is 1. The Bertz CT molecular complexity index is 1060. The Morgan fingerprint density at radius 1 is 1.15 bits per heavy atom. The minimum atomic E-state index is 0.000195. The molecule has 8 nitrogen and oxygen atoms in total. The largest absolute Gasteiger partial charge is 0.367 e. The van der Waals surface area contributed by atoms with Gasteiger partial charge in [0.25, 0.3) is 5.78 Å². The molecule has 0 aliphatic carbocycles. The fourth-order valence-corrected chi connectivity index (χ4v) is 3.42. The number of nitrogens with zero attached hydrogens (tertiary/aromatic N) is 7. The maximum absolute atomic E-state index is 11.7. The minimum absolute atomic E-state index is 0.000195. The van der Waals surface area contributed by atoms with Gasteiger partial charge < -0.3 is 9.80 Å². The number of aryl methyl sites for hydroxylation is 1. The zero-order valence-electron chi connectivity index (χ0n) is 15.3. The lowest BCUT2D eigenvalue weighted by Gasteiger charge is -2.37. The van der Waals surface area contributed by atoms with E-state index < -0.39 is 0 Å². The summed E-state index contributed by atoms with van der Waals surface area (Å²) in [7, 11) is 0. The number of carbonyl (C=O) groups is 1. The van der Waals surface area contributed by atoms with Crippen LogP contribution in [0.4, 0.5) is 11.5 Å². The highest BCUT2D eigenvalue weighted by atomic mass is 16.1. The van der Waals surface area contributed by atoms with Crippen LogP contribution in [0.15, 0.2) is 30.6 Å². The van der Waals surface area contributed by atoms with E-state index >= 15 is 0 Å². The van der Waals surface area contributed by atoms with E-state index in [1.807, 2.05) is 19.1 Å². The Morgan fingerprint density at radius 2 is 1.89 bits per heavy atom. The molecule has 0 radical (unpaired) electrons. The molecule has 1 saturated heterocycles. The Morgan fingerprint density at radius 3 is 2.59 bits per heavy atom. The van der Waals surface area contributed by atoms with E-state index in [1.165, 1.54) is 13.3 Å². The Kier molecular flexibility index (Phi) is 4.20. The van der Waals surface area contributed by atoms with Crippen molar-refractivity contribution in [2.24, 2.45) is 0 Å². The van der Waals surface area contributed by atoms with Crippen LogP contribution in [0.25, 0.3) is 5.78 Å². The molecule has 3 heterocycles. The third-order valence-corrected chi connectivity index (χ3v) is 4.83. The van der Waals surface area contributed by atoms with Gasteiger partial charge in [-0.2, -0.15) is 19.9 Å². The lowest BCUT2D eigenvalue weighted by molar-refractivity contribution is 0.101. The first-order valence-electron chi connectivity index (χ1n) is 8.79. The molecule has 136 valence electrons. The third kappa shape index (κ3) is 3.08. The van der Waals surface area contributed by atoms with Gasteiger partial charge in [-0.05, 0) is 32.0 Å². The normalized spacial score (nSPS) is 14.4. The van der Waals surface area contributed by atoms with Crippen LogP contribution in [0.2, 0.25) is 0 Å². The maximum Gasteiger partial charge on any atom is 0.254 e. The van der Waals surface area contributed by atoms with Gasteiger partial charge in [-0.1, -0.05) is 0 Å². The molecule has 4 rings (SSSR count). The zero-order valence-corrected chi connectivity index (χ0v) is 15.3. The van der Waals surface area contributed by atoms with Crippen molar-refractivity contribution in [3.8, 4) is 6.07 Å². The van der Waals surface area contributed by atoms with Crippen LogP contribution in [-0.4, -0.2) is 51.5 Å². The number of anilines is 2. The second kappa shape index (κ2) is 6.68. The molecule has 0 unspecified atom stereocenters. The highest BCUT2D eigenvalue weighted by molar-refractivity contribution is 5.95. The zero-order chi connectivity index (χ0) is 19.0. The molecule has 0 saturated carbocycles. The average molecular weight is 361 g/mol. The van der Waals surface area contributed by atoms with Gasteiger partial charge in [0.05, 0.1) is 11.3 Å². The van der Waals surface area contributed by atoms with Crippen LogP contribution in [0.3, 0.4) is 0 Å². The number of hydrogen-bond donors (Lipinski definition) is 0. The summed E-state index contributed by atoms with van der Waals surface area (Å²) in [6, 6.07) is 9.50. The van der Waals surface area contributed by atoms with Gasteiger partial charge in [-0.3, -0.25) is 4.79 Å². The number of ketones is 1. The number of hydrogen-bond acceptors (Lipinski definition) is 7. The van der Waals surface area contributed by atoms with E-state index in [2.05, 4.69) is 30.9 Å². The molecule has 27 heavy (non-hydrogen) atoms. The molecule has 0 amide bonds. The van der Waals surface area contributed by atoms with E-state index in [0.29, 0.717) is 16.9 Å². The molecule has 0 bridgehead atoms. The number of aromatic nitrogens is 4. The van der Waals surface area contributed by atoms with Crippen molar-refractivity contribution in [3.63, 3.8) is 0 Å². The summed E-state index contributed by atoms with van der Waals surface area (Å²) in [6.45, 7) is 6.52. The predicted octanol–water partition coefficient (Wildman–Crippen LogP) is 1.83. The van der Waals surface area contributed by atoms with Gasteiger partial charge in [-0.15, -0.1) is 0 Å². The summed E-state index contributed by atoms with van der Waals surface area (Å²) >= 11 is 0. The number of benzene rings is 1. The summed E-state index contributed by atoms with van der Waals surface area (Å²) in [5, 5.41) is 13.7. The summed E-state index contributed by atoms with van der Waals surface area (Å²) < 4.78 is 1.75. The molecule has 1 fully saturated rings. The molecule has 1 aliphatic heterocycles. The van der Waals surface area contributed by atoms with Crippen LogP contribution < -0.4 is 9.80 Å². The number of carbonyl (C=O) groups excluding carboxylic acids is 1. The molecular weight excluding hydrogens is 342 g/mol. The summed E-state index contributed by atoms with van der Waals surface area (Å²) in [4.78, 5) is 24.7. The Hall–Kier alpha value is -3.47. The number of nitriles is 1. The van der Waals surface area contributed by atoms with Crippen molar-refractivity contribution in [3.05, 3.63) is 47.4 Å².